The standard InChI is InChI=1S/C22H27N5O2.HI/c1-23-22(27-10-8-26(9-11-27)16-20-7-12-29-25-20)24-15-17-3-4-19-14-21(28-2)6-5-18(19)13-17;/h3-7,12-14H,8-11,15-16H2,1-2H3,(H,23,24);1H. The van der Waals surface area contributed by atoms with Crippen molar-refractivity contribution in [3.05, 3.63) is 60.0 Å². The highest BCUT2D eigenvalue weighted by molar-refractivity contribution is 14.0. The number of benzene rings is 2. The van der Waals surface area contributed by atoms with Gasteiger partial charge in [-0.15, -0.1) is 24.0 Å². The number of nitrogens with one attached hydrogen (secondary N) is 1. The second-order valence-electron chi connectivity index (χ2n) is 7.20. The summed E-state index contributed by atoms with van der Waals surface area (Å²) in [5.41, 5.74) is 2.21. The number of halogens is 1. The van der Waals surface area contributed by atoms with Gasteiger partial charge in [0.25, 0.3) is 0 Å². The number of aromatic nitrogens is 1. The second kappa shape index (κ2) is 10.6. The Morgan fingerprint density at radius 2 is 1.87 bits per heavy atom. The molecule has 30 heavy (non-hydrogen) atoms. The molecule has 8 heteroatoms. The summed E-state index contributed by atoms with van der Waals surface area (Å²) < 4.78 is 10.2. The first-order valence-electron chi connectivity index (χ1n) is 9.89. The highest BCUT2D eigenvalue weighted by Gasteiger charge is 2.20. The lowest BCUT2D eigenvalue weighted by Crippen LogP contribution is -2.52. The number of hydrogen-bond donors (Lipinski definition) is 1. The van der Waals surface area contributed by atoms with Crippen LogP contribution in [0, 0.1) is 0 Å². The van der Waals surface area contributed by atoms with Crippen molar-refractivity contribution in [2.45, 2.75) is 13.1 Å². The monoisotopic (exact) mass is 521 g/mol. The van der Waals surface area contributed by atoms with Crippen LogP contribution in [-0.4, -0.2) is 61.3 Å². The van der Waals surface area contributed by atoms with Crippen molar-refractivity contribution in [1.29, 1.82) is 0 Å². The van der Waals surface area contributed by atoms with Gasteiger partial charge in [0.15, 0.2) is 5.96 Å². The van der Waals surface area contributed by atoms with Crippen LogP contribution in [-0.2, 0) is 13.1 Å². The van der Waals surface area contributed by atoms with E-state index in [1.807, 2.05) is 19.2 Å². The molecule has 1 saturated heterocycles. The number of rotatable bonds is 5. The Kier molecular flexibility index (Phi) is 7.92. The fraction of sp³-hybridized carbons (Fsp3) is 0.364. The third-order valence-corrected chi connectivity index (χ3v) is 5.32. The Balaban J connectivity index is 0.00000256. The molecule has 1 N–H and O–H groups in total. The minimum atomic E-state index is 0. The molecule has 0 atom stereocenters. The molecule has 1 aliphatic heterocycles. The van der Waals surface area contributed by atoms with Crippen molar-refractivity contribution in [3.63, 3.8) is 0 Å². The van der Waals surface area contributed by atoms with E-state index in [0.717, 1.165) is 56.7 Å². The number of ether oxygens (including phenoxy) is 1. The molecular weight excluding hydrogens is 493 g/mol. The van der Waals surface area contributed by atoms with Gasteiger partial charge < -0.3 is 19.5 Å². The van der Waals surface area contributed by atoms with Crippen molar-refractivity contribution >= 4 is 40.7 Å². The van der Waals surface area contributed by atoms with Gasteiger partial charge in [-0.3, -0.25) is 9.89 Å². The van der Waals surface area contributed by atoms with Gasteiger partial charge in [-0.25, -0.2) is 0 Å². The van der Waals surface area contributed by atoms with Gasteiger partial charge in [-0.05, 0) is 34.5 Å². The average Bonchev–Trinajstić information content (AvgIpc) is 3.28. The van der Waals surface area contributed by atoms with Crippen LogP contribution in [0.5, 0.6) is 5.75 Å². The van der Waals surface area contributed by atoms with Crippen LogP contribution in [0.4, 0.5) is 0 Å². The zero-order valence-electron chi connectivity index (χ0n) is 17.4. The number of piperazine rings is 1. The lowest BCUT2D eigenvalue weighted by atomic mass is 10.1. The van der Waals surface area contributed by atoms with Gasteiger partial charge in [0.05, 0.1) is 12.8 Å². The molecule has 0 radical (unpaired) electrons. The number of nitrogens with zero attached hydrogens (tertiary/aromatic N) is 4. The molecule has 7 nitrogen and oxygen atoms in total. The predicted octanol–water partition coefficient (Wildman–Crippen LogP) is 3.35. The summed E-state index contributed by atoms with van der Waals surface area (Å²) in [7, 11) is 3.54. The Morgan fingerprint density at radius 3 is 2.57 bits per heavy atom. The van der Waals surface area contributed by atoms with Crippen molar-refractivity contribution in [2.75, 3.05) is 40.3 Å². The zero-order valence-corrected chi connectivity index (χ0v) is 19.7. The quantitative estimate of drug-likeness (QED) is 0.316. The lowest BCUT2D eigenvalue weighted by molar-refractivity contribution is 0.169. The first kappa shape index (κ1) is 22.4. The van der Waals surface area contributed by atoms with E-state index in [1.165, 1.54) is 16.3 Å². The van der Waals surface area contributed by atoms with E-state index in [-0.39, 0.29) is 24.0 Å². The van der Waals surface area contributed by atoms with E-state index in [1.54, 1.807) is 13.4 Å². The fourth-order valence-corrected chi connectivity index (χ4v) is 3.69. The first-order valence-corrected chi connectivity index (χ1v) is 9.89. The molecule has 4 rings (SSSR count). The molecule has 3 aromatic rings. The van der Waals surface area contributed by atoms with E-state index >= 15 is 0 Å². The molecule has 2 heterocycles. The van der Waals surface area contributed by atoms with Gasteiger partial charge in [0.1, 0.15) is 12.0 Å². The molecule has 0 unspecified atom stereocenters. The molecule has 0 bridgehead atoms. The van der Waals surface area contributed by atoms with Crippen molar-refractivity contribution in [1.82, 2.24) is 20.3 Å². The number of guanidine groups is 1. The largest absolute Gasteiger partial charge is 0.497 e. The summed E-state index contributed by atoms with van der Waals surface area (Å²) in [5, 5.41) is 9.90. The van der Waals surface area contributed by atoms with Gasteiger partial charge in [0.2, 0.25) is 0 Å². The SMILES string of the molecule is CN=C(NCc1ccc2cc(OC)ccc2c1)N1CCN(Cc2ccon2)CC1.I. The van der Waals surface area contributed by atoms with E-state index in [2.05, 4.69) is 55.6 Å². The maximum absolute atomic E-state index is 5.30. The topological polar surface area (TPSA) is 66.1 Å². The van der Waals surface area contributed by atoms with E-state index in [4.69, 9.17) is 9.26 Å². The maximum Gasteiger partial charge on any atom is 0.194 e. The Morgan fingerprint density at radius 1 is 1.10 bits per heavy atom. The normalized spacial score (nSPS) is 15.1. The summed E-state index contributed by atoms with van der Waals surface area (Å²) in [6.07, 6.45) is 1.63. The zero-order chi connectivity index (χ0) is 20.1. The van der Waals surface area contributed by atoms with Crippen molar-refractivity contribution in [2.24, 2.45) is 4.99 Å². The van der Waals surface area contributed by atoms with E-state index in [0.29, 0.717) is 0 Å². The molecule has 1 aliphatic rings. The summed E-state index contributed by atoms with van der Waals surface area (Å²) >= 11 is 0. The van der Waals surface area contributed by atoms with Crippen molar-refractivity contribution in [3.8, 4) is 5.75 Å². The van der Waals surface area contributed by atoms with Crippen LogP contribution in [0.15, 0.2) is 58.2 Å². The molecular formula is C22H28IN5O2. The number of aliphatic imine (C=N–C) groups is 1. The Hall–Kier alpha value is -2.33. The van der Waals surface area contributed by atoms with Crippen LogP contribution in [0.2, 0.25) is 0 Å². The number of hydrogen-bond acceptors (Lipinski definition) is 5. The van der Waals surface area contributed by atoms with Crippen LogP contribution in [0.1, 0.15) is 11.3 Å². The molecule has 0 saturated carbocycles. The molecule has 0 amide bonds. The number of fused-ring (bicyclic) bond motifs is 1. The smallest absolute Gasteiger partial charge is 0.194 e. The molecule has 1 fully saturated rings. The van der Waals surface area contributed by atoms with Crippen LogP contribution >= 0.6 is 24.0 Å². The van der Waals surface area contributed by atoms with Gasteiger partial charge >= 0.3 is 0 Å². The van der Waals surface area contributed by atoms with Gasteiger partial charge in [0, 0.05) is 52.4 Å². The van der Waals surface area contributed by atoms with Crippen LogP contribution in [0.25, 0.3) is 10.8 Å². The lowest BCUT2D eigenvalue weighted by Gasteiger charge is -2.36. The Bertz CT molecular complexity index is 969. The number of methoxy groups -OCH3 is 1. The summed E-state index contributed by atoms with van der Waals surface area (Å²) in [6.45, 7) is 5.41. The first-order chi connectivity index (χ1) is 14.2. The predicted molar refractivity (Wildman–Crippen MR) is 129 cm³/mol. The summed E-state index contributed by atoms with van der Waals surface area (Å²) in [4.78, 5) is 9.18. The highest BCUT2D eigenvalue weighted by Crippen LogP contribution is 2.22. The van der Waals surface area contributed by atoms with Crippen molar-refractivity contribution < 1.29 is 9.26 Å². The second-order valence-corrected chi connectivity index (χ2v) is 7.20. The third-order valence-electron chi connectivity index (χ3n) is 5.32. The third kappa shape index (κ3) is 5.42. The van der Waals surface area contributed by atoms with Crippen LogP contribution in [0.3, 0.4) is 0 Å². The minimum Gasteiger partial charge on any atom is -0.497 e. The molecule has 2 aromatic carbocycles. The maximum atomic E-state index is 5.30. The van der Waals surface area contributed by atoms with E-state index < -0.39 is 0 Å². The molecule has 0 spiro atoms. The highest BCUT2D eigenvalue weighted by atomic mass is 127. The van der Waals surface area contributed by atoms with E-state index in [9.17, 15) is 0 Å². The Labute approximate surface area is 194 Å². The van der Waals surface area contributed by atoms with Gasteiger partial charge in [-0.1, -0.05) is 23.4 Å². The van der Waals surface area contributed by atoms with Gasteiger partial charge in [-0.2, -0.15) is 0 Å². The fourth-order valence-electron chi connectivity index (χ4n) is 3.69. The summed E-state index contributed by atoms with van der Waals surface area (Å²) in [6, 6.07) is 14.6. The minimum absolute atomic E-state index is 0. The molecule has 1 aromatic heterocycles. The molecule has 0 aliphatic carbocycles. The van der Waals surface area contributed by atoms with Crippen LogP contribution < -0.4 is 10.1 Å². The molecule has 160 valence electrons. The average molecular weight is 521 g/mol. The summed E-state index contributed by atoms with van der Waals surface area (Å²) in [5.74, 6) is 1.83.